The molecule has 0 radical (unpaired) electrons. The summed E-state index contributed by atoms with van der Waals surface area (Å²) in [7, 11) is -3.15. The molecule has 110 valence electrons. The summed E-state index contributed by atoms with van der Waals surface area (Å²) in [5.41, 5.74) is 0.777. The molecule has 1 heterocycles. The van der Waals surface area contributed by atoms with Crippen LogP contribution in [0, 0.1) is 5.92 Å². The minimum atomic E-state index is -3.15. The van der Waals surface area contributed by atoms with Crippen molar-refractivity contribution >= 4 is 15.9 Å². The number of likely N-dealkylation sites (tertiary alicyclic amines) is 1. The maximum atomic E-state index is 12.2. The molecule has 1 fully saturated rings. The third-order valence-electron chi connectivity index (χ3n) is 3.29. The number of hydrogen-bond acceptors (Lipinski definition) is 3. The van der Waals surface area contributed by atoms with E-state index in [1.54, 1.807) is 0 Å². The predicted octanol–water partition coefficient (Wildman–Crippen LogP) is 1.13. The molecular formula is C13H24N2O3S. The number of sulfonamides is 1. The number of carbonyl (C=O) groups is 1. The number of carbonyl (C=O) groups excluding carboxylic acids is 1. The molecule has 1 aliphatic rings. The van der Waals surface area contributed by atoms with Gasteiger partial charge in [-0.25, -0.2) is 13.1 Å². The Morgan fingerprint density at radius 1 is 1.47 bits per heavy atom. The van der Waals surface area contributed by atoms with Crippen molar-refractivity contribution in [2.24, 2.45) is 5.92 Å². The van der Waals surface area contributed by atoms with E-state index in [-0.39, 0.29) is 11.8 Å². The zero-order valence-corrected chi connectivity index (χ0v) is 12.8. The van der Waals surface area contributed by atoms with Crippen LogP contribution in [0.3, 0.4) is 0 Å². The van der Waals surface area contributed by atoms with Gasteiger partial charge >= 0.3 is 0 Å². The molecule has 0 saturated carbocycles. The lowest BCUT2D eigenvalue weighted by atomic mass is 9.97. The van der Waals surface area contributed by atoms with E-state index in [0.29, 0.717) is 13.1 Å². The lowest BCUT2D eigenvalue weighted by molar-refractivity contribution is -0.128. The van der Waals surface area contributed by atoms with Crippen LogP contribution in [0.4, 0.5) is 0 Å². The average molecular weight is 288 g/mol. The van der Waals surface area contributed by atoms with Crippen LogP contribution in [0.15, 0.2) is 11.6 Å². The highest BCUT2D eigenvalue weighted by Gasteiger charge is 2.24. The van der Waals surface area contributed by atoms with E-state index in [0.717, 1.165) is 37.6 Å². The maximum Gasteiger partial charge on any atom is 0.249 e. The molecule has 0 bridgehead atoms. The second-order valence-corrected chi connectivity index (χ2v) is 7.01. The Morgan fingerprint density at radius 2 is 2.16 bits per heavy atom. The van der Waals surface area contributed by atoms with E-state index < -0.39 is 10.0 Å². The molecule has 0 aromatic carbocycles. The second kappa shape index (κ2) is 7.05. The fourth-order valence-electron chi connectivity index (χ4n) is 2.33. The van der Waals surface area contributed by atoms with Crippen molar-refractivity contribution in [3.8, 4) is 0 Å². The smallest absolute Gasteiger partial charge is 0.249 e. The highest BCUT2D eigenvalue weighted by Crippen LogP contribution is 2.18. The largest absolute Gasteiger partial charge is 0.339 e. The maximum absolute atomic E-state index is 12.2. The van der Waals surface area contributed by atoms with Crippen LogP contribution in [-0.4, -0.2) is 45.1 Å². The summed E-state index contributed by atoms with van der Waals surface area (Å²) in [6.45, 7) is 5.66. The lowest BCUT2D eigenvalue weighted by Crippen LogP contribution is -2.43. The van der Waals surface area contributed by atoms with Gasteiger partial charge in [0.25, 0.3) is 0 Å². The number of allylic oxidation sites excluding steroid dienone is 1. The summed E-state index contributed by atoms with van der Waals surface area (Å²) in [6, 6.07) is 0. The SMILES string of the molecule is CC/C=C(\C)C(=O)N1CCC[C@H](CNS(C)(=O)=O)C1. The van der Waals surface area contributed by atoms with Crippen molar-refractivity contribution in [2.45, 2.75) is 33.1 Å². The molecule has 1 atom stereocenters. The zero-order valence-electron chi connectivity index (χ0n) is 12.0. The Hall–Kier alpha value is -0.880. The number of hydrogen-bond donors (Lipinski definition) is 1. The van der Waals surface area contributed by atoms with Gasteiger partial charge in [0.15, 0.2) is 0 Å². The van der Waals surface area contributed by atoms with Gasteiger partial charge in [0.05, 0.1) is 6.26 Å². The zero-order chi connectivity index (χ0) is 14.5. The number of nitrogens with zero attached hydrogens (tertiary/aromatic N) is 1. The van der Waals surface area contributed by atoms with Crippen molar-refractivity contribution in [2.75, 3.05) is 25.9 Å². The van der Waals surface area contributed by atoms with Crippen molar-refractivity contribution in [3.05, 3.63) is 11.6 Å². The van der Waals surface area contributed by atoms with Crippen LogP contribution in [-0.2, 0) is 14.8 Å². The molecule has 0 aromatic heterocycles. The van der Waals surface area contributed by atoms with E-state index in [4.69, 9.17) is 0 Å². The topological polar surface area (TPSA) is 66.5 Å². The Morgan fingerprint density at radius 3 is 2.74 bits per heavy atom. The number of amides is 1. The summed E-state index contributed by atoms with van der Waals surface area (Å²) >= 11 is 0. The van der Waals surface area contributed by atoms with Gasteiger partial charge in [0, 0.05) is 25.2 Å². The van der Waals surface area contributed by atoms with Gasteiger partial charge < -0.3 is 4.90 Å². The summed E-state index contributed by atoms with van der Waals surface area (Å²) in [5, 5.41) is 0. The van der Waals surface area contributed by atoms with Crippen LogP contribution in [0.2, 0.25) is 0 Å². The minimum absolute atomic E-state index is 0.0749. The Labute approximate surface area is 116 Å². The van der Waals surface area contributed by atoms with E-state index in [1.165, 1.54) is 0 Å². The third kappa shape index (κ3) is 5.74. The highest BCUT2D eigenvalue weighted by molar-refractivity contribution is 7.88. The molecule has 1 amide bonds. The monoisotopic (exact) mass is 288 g/mol. The molecule has 1 aliphatic heterocycles. The van der Waals surface area contributed by atoms with Gasteiger partial charge in [0.2, 0.25) is 15.9 Å². The molecule has 1 rings (SSSR count). The van der Waals surface area contributed by atoms with E-state index in [9.17, 15) is 13.2 Å². The molecule has 0 aromatic rings. The predicted molar refractivity (Wildman–Crippen MR) is 76.2 cm³/mol. The molecule has 1 N–H and O–H groups in total. The van der Waals surface area contributed by atoms with Crippen LogP contribution >= 0.6 is 0 Å². The van der Waals surface area contributed by atoms with E-state index in [2.05, 4.69) is 4.72 Å². The summed E-state index contributed by atoms with van der Waals surface area (Å²) in [5.74, 6) is 0.285. The standard InChI is InChI=1S/C13H24N2O3S/c1-4-6-11(2)13(16)15-8-5-7-12(10-15)9-14-19(3,17)18/h6,12,14H,4-5,7-10H2,1-3H3/b11-6+/t12-/m1/s1. The summed E-state index contributed by atoms with van der Waals surface area (Å²) in [4.78, 5) is 14.0. The molecule has 1 saturated heterocycles. The van der Waals surface area contributed by atoms with Crippen LogP contribution in [0.25, 0.3) is 0 Å². The highest BCUT2D eigenvalue weighted by atomic mass is 32.2. The van der Waals surface area contributed by atoms with Crippen LogP contribution in [0.1, 0.15) is 33.1 Å². The van der Waals surface area contributed by atoms with Gasteiger partial charge in [-0.2, -0.15) is 0 Å². The van der Waals surface area contributed by atoms with Crippen molar-refractivity contribution in [1.82, 2.24) is 9.62 Å². The van der Waals surface area contributed by atoms with Crippen molar-refractivity contribution in [3.63, 3.8) is 0 Å². The van der Waals surface area contributed by atoms with Gasteiger partial charge in [-0.1, -0.05) is 13.0 Å². The van der Waals surface area contributed by atoms with Gasteiger partial charge in [-0.3, -0.25) is 4.79 Å². The number of nitrogens with one attached hydrogen (secondary N) is 1. The fourth-order valence-corrected chi connectivity index (χ4v) is 2.87. The lowest BCUT2D eigenvalue weighted by Gasteiger charge is -2.33. The first-order valence-corrected chi connectivity index (χ1v) is 8.63. The second-order valence-electron chi connectivity index (χ2n) is 5.18. The first kappa shape index (κ1) is 16.2. The van der Waals surface area contributed by atoms with Crippen LogP contribution < -0.4 is 4.72 Å². The average Bonchev–Trinajstić information content (AvgIpc) is 2.35. The molecular weight excluding hydrogens is 264 g/mol. The van der Waals surface area contributed by atoms with Gasteiger partial charge in [-0.15, -0.1) is 0 Å². The Bertz CT molecular complexity index is 443. The molecule has 0 aliphatic carbocycles. The molecule has 5 nitrogen and oxygen atoms in total. The first-order chi connectivity index (χ1) is 8.83. The van der Waals surface area contributed by atoms with Crippen molar-refractivity contribution in [1.29, 1.82) is 0 Å². The Balaban J connectivity index is 2.55. The quantitative estimate of drug-likeness (QED) is 0.771. The summed E-state index contributed by atoms with van der Waals surface area (Å²) < 4.78 is 24.7. The molecule has 0 unspecified atom stereocenters. The van der Waals surface area contributed by atoms with E-state index in [1.807, 2.05) is 24.8 Å². The molecule has 6 heteroatoms. The fraction of sp³-hybridized carbons (Fsp3) is 0.769. The number of rotatable bonds is 5. The van der Waals surface area contributed by atoms with Gasteiger partial charge in [-0.05, 0) is 32.1 Å². The minimum Gasteiger partial charge on any atom is -0.339 e. The third-order valence-corrected chi connectivity index (χ3v) is 3.98. The van der Waals surface area contributed by atoms with Crippen LogP contribution in [0.5, 0.6) is 0 Å². The molecule has 0 spiro atoms. The van der Waals surface area contributed by atoms with Crippen molar-refractivity contribution < 1.29 is 13.2 Å². The molecule has 19 heavy (non-hydrogen) atoms. The summed E-state index contributed by atoms with van der Waals surface area (Å²) in [6.07, 6.45) is 5.84. The van der Waals surface area contributed by atoms with Gasteiger partial charge in [0.1, 0.15) is 0 Å². The van der Waals surface area contributed by atoms with E-state index >= 15 is 0 Å². The number of piperidine rings is 1. The normalized spacial score (nSPS) is 21.5. The Kier molecular flexibility index (Phi) is 6.00. The first-order valence-electron chi connectivity index (χ1n) is 6.74.